The summed E-state index contributed by atoms with van der Waals surface area (Å²) < 4.78 is 19.3. The molecule has 11 heteroatoms. The Labute approximate surface area is 132 Å². The number of imidazole rings is 1. The van der Waals surface area contributed by atoms with Crippen molar-refractivity contribution >= 4 is 30.2 Å². The number of hydrogen-bond donors (Lipinski definition) is 3. The predicted octanol–water partition coefficient (Wildman–Crippen LogP) is 0.481. The molecule has 0 aliphatic rings. The Morgan fingerprint density at radius 2 is 2.13 bits per heavy atom. The van der Waals surface area contributed by atoms with Gasteiger partial charge in [0.25, 0.3) is 0 Å². The SMILES string of the molecule is CC(C(=O)O)P(N)(=O)CO[C@H](C)Cn1cnc2c(N)ncnc21. The first-order chi connectivity index (χ1) is 10.7. The van der Waals surface area contributed by atoms with E-state index >= 15 is 0 Å². The molecule has 0 bridgehead atoms. The van der Waals surface area contributed by atoms with Crippen LogP contribution in [-0.4, -0.2) is 48.7 Å². The highest BCUT2D eigenvalue weighted by Crippen LogP contribution is 2.42. The van der Waals surface area contributed by atoms with Crippen molar-refractivity contribution in [2.75, 3.05) is 12.1 Å². The molecule has 5 N–H and O–H groups in total. The van der Waals surface area contributed by atoms with Gasteiger partial charge in [0.1, 0.15) is 23.9 Å². The molecular formula is C12H19N6O4P. The zero-order valence-corrected chi connectivity index (χ0v) is 13.7. The summed E-state index contributed by atoms with van der Waals surface area (Å²) in [5.74, 6) is -0.927. The van der Waals surface area contributed by atoms with E-state index in [0.717, 1.165) is 0 Å². The molecule has 0 radical (unpaired) electrons. The molecule has 0 aliphatic heterocycles. The molecule has 0 spiro atoms. The van der Waals surface area contributed by atoms with Crippen LogP contribution in [0.15, 0.2) is 12.7 Å². The maximum Gasteiger partial charge on any atom is 0.315 e. The van der Waals surface area contributed by atoms with E-state index in [0.29, 0.717) is 17.7 Å². The molecule has 0 fully saturated rings. The van der Waals surface area contributed by atoms with Crippen LogP contribution in [0.1, 0.15) is 13.8 Å². The van der Waals surface area contributed by atoms with E-state index in [9.17, 15) is 9.36 Å². The zero-order valence-electron chi connectivity index (χ0n) is 12.8. The number of nitrogen functional groups attached to an aromatic ring is 1. The van der Waals surface area contributed by atoms with Crippen molar-refractivity contribution in [2.24, 2.45) is 5.50 Å². The molecule has 2 rings (SSSR count). The normalized spacial score (nSPS) is 16.8. The van der Waals surface area contributed by atoms with E-state index in [4.69, 9.17) is 21.1 Å². The molecule has 2 aromatic rings. The lowest BCUT2D eigenvalue weighted by Crippen LogP contribution is -2.26. The lowest BCUT2D eigenvalue weighted by atomic mass is 10.4. The number of nitrogens with two attached hydrogens (primary N) is 2. The van der Waals surface area contributed by atoms with Gasteiger partial charge in [-0.1, -0.05) is 0 Å². The molecule has 10 nitrogen and oxygen atoms in total. The van der Waals surface area contributed by atoms with Gasteiger partial charge in [-0.25, -0.2) is 15.0 Å². The molecule has 0 aromatic carbocycles. The Kier molecular flexibility index (Phi) is 4.98. The number of aliphatic carboxylic acids is 1. The maximum atomic E-state index is 12.1. The third kappa shape index (κ3) is 3.84. The van der Waals surface area contributed by atoms with Gasteiger partial charge in [-0.2, -0.15) is 0 Å². The number of carboxylic acids is 1. The van der Waals surface area contributed by atoms with Gasteiger partial charge in [0.2, 0.25) is 0 Å². The molecule has 0 aliphatic carbocycles. The first-order valence-corrected chi connectivity index (χ1v) is 8.88. The van der Waals surface area contributed by atoms with Crippen molar-refractivity contribution in [3.63, 3.8) is 0 Å². The second kappa shape index (κ2) is 6.61. The zero-order chi connectivity index (χ0) is 17.2. The van der Waals surface area contributed by atoms with Gasteiger partial charge in [0.15, 0.2) is 18.8 Å². The standard InChI is InChI=1S/C12H19N6O4P/c1-7(22-6-23(14,21)8(2)12(19)20)3-18-5-17-9-10(13)15-4-16-11(9)18/h4-5,7-8H,3,6H2,1-2H3,(H2,14,21)(H,19,20)(H2,13,15,16)/t7-,8?,23?/m1/s1. The first kappa shape index (κ1) is 17.3. The fourth-order valence-corrected chi connectivity index (χ4v) is 2.99. The summed E-state index contributed by atoms with van der Waals surface area (Å²) >= 11 is 0. The number of hydrogen-bond acceptors (Lipinski definition) is 7. The summed E-state index contributed by atoms with van der Waals surface area (Å²) in [5.41, 5.74) is 11.2. The Bertz CT molecular complexity index is 763. The van der Waals surface area contributed by atoms with Crippen LogP contribution < -0.4 is 11.2 Å². The van der Waals surface area contributed by atoms with Gasteiger partial charge in [0, 0.05) is 0 Å². The van der Waals surface area contributed by atoms with E-state index in [1.807, 2.05) is 0 Å². The third-order valence-electron chi connectivity index (χ3n) is 3.46. The summed E-state index contributed by atoms with van der Waals surface area (Å²) in [6, 6.07) is 0. The van der Waals surface area contributed by atoms with Crippen LogP contribution in [0.2, 0.25) is 0 Å². The van der Waals surface area contributed by atoms with E-state index < -0.39 is 18.9 Å². The smallest absolute Gasteiger partial charge is 0.315 e. The largest absolute Gasteiger partial charge is 0.481 e. The minimum atomic E-state index is -3.43. The molecule has 23 heavy (non-hydrogen) atoms. The summed E-state index contributed by atoms with van der Waals surface area (Å²) in [5, 5.41) is 8.89. The first-order valence-electron chi connectivity index (χ1n) is 6.85. The second-order valence-electron chi connectivity index (χ2n) is 5.30. The Morgan fingerprint density at radius 3 is 2.78 bits per heavy atom. The lowest BCUT2D eigenvalue weighted by molar-refractivity contribution is -0.136. The number of nitrogens with zero attached hydrogens (tertiary/aromatic N) is 4. The number of ether oxygens (including phenoxy) is 1. The second-order valence-corrected chi connectivity index (χ2v) is 8.04. The average Bonchev–Trinajstić information content (AvgIpc) is 2.89. The van der Waals surface area contributed by atoms with Gasteiger partial charge in [-0.3, -0.25) is 10.3 Å². The highest BCUT2D eigenvalue weighted by atomic mass is 31.2. The molecular weight excluding hydrogens is 323 g/mol. The van der Waals surface area contributed by atoms with Crippen LogP contribution in [0.25, 0.3) is 11.2 Å². The molecule has 2 heterocycles. The quantitative estimate of drug-likeness (QED) is 0.608. The predicted molar refractivity (Wildman–Crippen MR) is 84.0 cm³/mol. The lowest BCUT2D eigenvalue weighted by Gasteiger charge is -2.20. The number of carbonyl (C=O) groups is 1. The van der Waals surface area contributed by atoms with Crippen molar-refractivity contribution in [2.45, 2.75) is 32.2 Å². The van der Waals surface area contributed by atoms with Gasteiger partial charge < -0.3 is 24.7 Å². The van der Waals surface area contributed by atoms with Crippen molar-refractivity contribution in [1.82, 2.24) is 19.5 Å². The van der Waals surface area contributed by atoms with E-state index in [-0.39, 0.29) is 18.3 Å². The van der Waals surface area contributed by atoms with Crippen LogP contribution in [0, 0.1) is 0 Å². The fraction of sp³-hybridized carbons (Fsp3) is 0.500. The summed E-state index contributed by atoms with van der Waals surface area (Å²) in [6.07, 6.45) is 2.20. The molecule has 126 valence electrons. The molecule has 3 atom stereocenters. The number of rotatable bonds is 7. The topological polar surface area (TPSA) is 159 Å². The Morgan fingerprint density at radius 1 is 1.43 bits per heavy atom. The van der Waals surface area contributed by atoms with Crippen LogP contribution >= 0.6 is 7.29 Å². The third-order valence-corrected chi connectivity index (χ3v) is 5.54. The van der Waals surface area contributed by atoms with Gasteiger partial charge in [0.05, 0.1) is 19.0 Å². The van der Waals surface area contributed by atoms with Gasteiger partial charge in [-0.15, -0.1) is 0 Å². The van der Waals surface area contributed by atoms with Crippen molar-refractivity contribution in [3.05, 3.63) is 12.7 Å². The maximum absolute atomic E-state index is 12.1. The highest BCUT2D eigenvalue weighted by molar-refractivity contribution is 7.63. The number of carboxylic acid groups (broad SMARTS) is 1. The van der Waals surface area contributed by atoms with Gasteiger partial charge in [-0.05, 0) is 13.8 Å². The Balaban J connectivity index is 2.02. The van der Waals surface area contributed by atoms with Gasteiger partial charge >= 0.3 is 5.97 Å². The van der Waals surface area contributed by atoms with Crippen molar-refractivity contribution in [3.8, 4) is 0 Å². The molecule has 0 saturated heterocycles. The molecule has 2 unspecified atom stereocenters. The number of anilines is 1. The van der Waals surface area contributed by atoms with E-state index in [1.165, 1.54) is 13.3 Å². The Hall–Kier alpha value is -2.03. The monoisotopic (exact) mass is 342 g/mol. The minimum absolute atomic E-state index is 0.282. The van der Waals surface area contributed by atoms with Crippen LogP contribution in [0.4, 0.5) is 5.82 Å². The number of fused-ring (bicyclic) bond motifs is 1. The van der Waals surface area contributed by atoms with Crippen molar-refractivity contribution in [1.29, 1.82) is 0 Å². The van der Waals surface area contributed by atoms with Crippen LogP contribution in [0.5, 0.6) is 0 Å². The average molecular weight is 342 g/mol. The number of aromatic nitrogens is 4. The molecule has 0 amide bonds. The summed E-state index contributed by atoms with van der Waals surface area (Å²) in [7, 11) is -3.43. The molecule has 0 saturated carbocycles. The minimum Gasteiger partial charge on any atom is -0.481 e. The van der Waals surface area contributed by atoms with Crippen LogP contribution in [0.3, 0.4) is 0 Å². The van der Waals surface area contributed by atoms with Crippen molar-refractivity contribution < 1.29 is 19.2 Å². The van der Waals surface area contributed by atoms with E-state index in [2.05, 4.69) is 15.0 Å². The summed E-state index contributed by atoms with van der Waals surface area (Å²) in [4.78, 5) is 23.0. The van der Waals surface area contributed by atoms with Crippen LogP contribution in [-0.2, 0) is 20.6 Å². The summed E-state index contributed by atoms with van der Waals surface area (Å²) in [6.45, 7) is 3.43. The molecule has 2 aromatic heterocycles. The van der Waals surface area contributed by atoms with E-state index in [1.54, 1.807) is 17.8 Å². The highest BCUT2D eigenvalue weighted by Gasteiger charge is 2.31. The fourth-order valence-electron chi connectivity index (χ4n) is 1.90.